The van der Waals surface area contributed by atoms with Crippen molar-refractivity contribution in [1.82, 2.24) is 9.55 Å². The van der Waals surface area contributed by atoms with E-state index < -0.39 is 0 Å². The number of rotatable bonds is 6. The van der Waals surface area contributed by atoms with Gasteiger partial charge in [0.25, 0.3) is 0 Å². The predicted octanol–water partition coefficient (Wildman–Crippen LogP) is 12.4. The molecule has 0 radical (unpaired) electrons. The van der Waals surface area contributed by atoms with Gasteiger partial charge in [0.2, 0.25) is 0 Å². The zero-order valence-electron chi connectivity index (χ0n) is 27.0. The van der Waals surface area contributed by atoms with Gasteiger partial charge in [0.05, 0.1) is 22.3 Å². The minimum atomic E-state index is 0.828. The minimum Gasteiger partial charge on any atom is -0.464 e. The van der Waals surface area contributed by atoms with Crippen molar-refractivity contribution in [1.29, 1.82) is 0 Å². The number of benzene rings is 7. The van der Waals surface area contributed by atoms with Crippen LogP contribution < -0.4 is 0 Å². The van der Waals surface area contributed by atoms with Crippen LogP contribution in [0.25, 0.3) is 83.6 Å². The summed E-state index contributed by atoms with van der Waals surface area (Å²) in [6.07, 6.45) is 1.86. The molecule has 3 nitrogen and oxygen atoms in total. The molecule has 7 aromatic carbocycles. The number of hydrogen-bond donors (Lipinski definition) is 0. The summed E-state index contributed by atoms with van der Waals surface area (Å²) < 4.78 is 8.59. The van der Waals surface area contributed by atoms with Crippen LogP contribution in [0.2, 0.25) is 0 Å². The molecule has 9 aromatic rings. The number of furan rings is 1. The lowest BCUT2D eigenvalue weighted by Gasteiger charge is -2.20. The highest BCUT2D eigenvalue weighted by atomic mass is 16.3. The maximum atomic E-state index is 6.25. The molecule has 0 saturated heterocycles. The standard InChI is InChI=1S/C46H32N2O/c1-31-27-38(35-15-7-3-8-16-35)45(39(28-31)36-17-9-4-10-18-36)48-43-20-12-11-19-42(43)47-46(48)41-30-49-44-26-25-37(29-40(41)44)34-23-21-33(22-24-34)32-13-5-2-6-14-32/h2-30H,1H3. The van der Waals surface area contributed by atoms with Crippen LogP contribution >= 0.6 is 0 Å². The van der Waals surface area contributed by atoms with Crippen LogP contribution in [0, 0.1) is 6.92 Å². The highest BCUT2D eigenvalue weighted by molar-refractivity contribution is 5.99. The number of aromatic nitrogens is 2. The lowest BCUT2D eigenvalue weighted by molar-refractivity contribution is 0.616. The van der Waals surface area contributed by atoms with Gasteiger partial charge in [0.15, 0.2) is 0 Å². The Morgan fingerprint density at radius 2 is 0.980 bits per heavy atom. The molecule has 2 heterocycles. The zero-order valence-corrected chi connectivity index (χ0v) is 27.0. The van der Waals surface area contributed by atoms with E-state index in [9.17, 15) is 0 Å². The zero-order chi connectivity index (χ0) is 32.7. The average molecular weight is 629 g/mol. The third-order valence-corrected chi connectivity index (χ3v) is 9.35. The van der Waals surface area contributed by atoms with Crippen molar-refractivity contribution in [3.63, 3.8) is 0 Å². The number of para-hydroxylation sites is 2. The molecule has 0 aliphatic heterocycles. The number of hydrogen-bond acceptors (Lipinski definition) is 2. The van der Waals surface area contributed by atoms with Crippen molar-refractivity contribution in [2.45, 2.75) is 6.92 Å². The summed E-state index contributed by atoms with van der Waals surface area (Å²) in [4.78, 5) is 5.32. The second-order valence-electron chi connectivity index (χ2n) is 12.5. The van der Waals surface area contributed by atoms with Crippen LogP contribution in [0.3, 0.4) is 0 Å². The summed E-state index contributed by atoms with van der Waals surface area (Å²) in [5, 5.41) is 1.02. The molecular weight excluding hydrogens is 597 g/mol. The van der Waals surface area contributed by atoms with Crippen LogP contribution in [0.4, 0.5) is 0 Å². The highest BCUT2D eigenvalue weighted by Crippen LogP contribution is 2.43. The summed E-state index contributed by atoms with van der Waals surface area (Å²) in [6, 6.07) is 60.0. The normalized spacial score (nSPS) is 11.4. The Kier molecular flexibility index (Phi) is 7.02. The molecule has 0 unspecified atom stereocenters. The maximum absolute atomic E-state index is 6.25. The Labute approximate surface area is 285 Å². The van der Waals surface area contributed by atoms with Crippen LogP contribution in [-0.2, 0) is 0 Å². The van der Waals surface area contributed by atoms with E-state index in [1.54, 1.807) is 0 Å². The van der Waals surface area contributed by atoms with E-state index in [2.05, 4.69) is 175 Å². The van der Waals surface area contributed by atoms with E-state index in [4.69, 9.17) is 9.40 Å². The minimum absolute atomic E-state index is 0.828. The molecule has 0 atom stereocenters. The molecule has 0 N–H and O–H groups in total. The van der Waals surface area contributed by atoms with Crippen molar-refractivity contribution in [3.8, 4) is 61.6 Å². The Hall–Kier alpha value is -6.45. The summed E-state index contributed by atoms with van der Waals surface area (Å²) in [6.45, 7) is 2.17. The van der Waals surface area contributed by atoms with Crippen molar-refractivity contribution in [3.05, 3.63) is 182 Å². The molecule has 9 rings (SSSR count). The number of imidazole rings is 1. The van der Waals surface area contributed by atoms with Crippen molar-refractivity contribution in [2.75, 3.05) is 0 Å². The maximum Gasteiger partial charge on any atom is 0.149 e. The summed E-state index contributed by atoms with van der Waals surface area (Å²) >= 11 is 0. The van der Waals surface area contributed by atoms with Gasteiger partial charge in [-0.2, -0.15) is 0 Å². The molecule has 0 aliphatic rings. The third-order valence-electron chi connectivity index (χ3n) is 9.35. The first kappa shape index (κ1) is 28.7. The fraction of sp³-hybridized carbons (Fsp3) is 0.0217. The second-order valence-corrected chi connectivity index (χ2v) is 12.5. The quantitative estimate of drug-likeness (QED) is 0.183. The van der Waals surface area contributed by atoms with Crippen molar-refractivity contribution < 1.29 is 4.42 Å². The summed E-state index contributed by atoms with van der Waals surface area (Å²) in [5.41, 5.74) is 15.3. The van der Waals surface area contributed by atoms with Gasteiger partial charge in [-0.25, -0.2) is 4.98 Å². The second kappa shape index (κ2) is 12.0. The Bertz CT molecular complexity index is 2520. The molecule has 49 heavy (non-hydrogen) atoms. The molecule has 0 bridgehead atoms. The van der Waals surface area contributed by atoms with E-state index >= 15 is 0 Å². The molecule has 0 aliphatic carbocycles. The molecule has 0 amide bonds. The van der Waals surface area contributed by atoms with Crippen LogP contribution in [0.15, 0.2) is 181 Å². The molecule has 2 aromatic heterocycles. The summed E-state index contributed by atoms with van der Waals surface area (Å²) in [5.74, 6) is 0.842. The molecule has 232 valence electrons. The molecule has 0 fully saturated rings. The summed E-state index contributed by atoms with van der Waals surface area (Å²) in [7, 11) is 0. The van der Waals surface area contributed by atoms with E-state index in [-0.39, 0.29) is 0 Å². The molecular formula is C46H32N2O. The largest absolute Gasteiger partial charge is 0.464 e. The molecule has 0 saturated carbocycles. The first-order valence-corrected chi connectivity index (χ1v) is 16.6. The van der Waals surface area contributed by atoms with Crippen molar-refractivity contribution >= 4 is 22.0 Å². The van der Waals surface area contributed by atoms with Crippen LogP contribution in [0.1, 0.15) is 5.56 Å². The van der Waals surface area contributed by atoms with Crippen molar-refractivity contribution in [2.24, 2.45) is 0 Å². The van der Waals surface area contributed by atoms with Gasteiger partial charge >= 0.3 is 0 Å². The van der Waals surface area contributed by atoms with Gasteiger partial charge in [-0.05, 0) is 82.3 Å². The first-order chi connectivity index (χ1) is 24.2. The Morgan fingerprint density at radius 1 is 0.469 bits per heavy atom. The molecule has 3 heteroatoms. The number of fused-ring (bicyclic) bond motifs is 2. The fourth-order valence-electron chi connectivity index (χ4n) is 7.00. The predicted molar refractivity (Wildman–Crippen MR) is 203 cm³/mol. The van der Waals surface area contributed by atoms with Crippen LogP contribution in [0.5, 0.6) is 0 Å². The highest BCUT2D eigenvalue weighted by Gasteiger charge is 2.24. The topological polar surface area (TPSA) is 31.0 Å². The van der Waals surface area contributed by atoms with Crippen LogP contribution in [-0.4, -0.2) is 9.55 Å². The number of nitrogens with zero attached hydrogens (tertiary/aromatic N) is 2. The smallest absolute Gasteiger partial charge is 0.149 e. The Balaban J connectivity index is 1.28. The average Bonchev–Trinajstić information content (AvgIpc) is 3.77. The Morgan fingerprint density at radius 3 is 1.61 bits per heavy atom. The van der Waals surface area contributed by atoms with Gasteiger partial charge in [-0.15, -0.1) is 0 Å². The van der Waals surface area contributed by atoms with E-state index in [1.165, 1.54) is 16.7 Å². The van der Waals surface area contributed by atoms with Gasteiger partial charge in [0, 0.05) is 16.5 Å². The fourth-order valence-corrected chi connectivity index (χ4v) is 7.00. The van der Waals surface area contributed by atoms with E-state index in [1.807, 2.05) is 12.3 Å². The SMILES string of the molecule is Cc1cc(-c2ccccc2)c(-n2c(-c3coc4ccc(-c5ccc(-c6ccccc6)cc5)cc34)nc3ccccc32)c(-c2ccccc2)c1. The first-order valence-electron chi connectivity index (χ1n) is 16.6. The van der Waals surface area contributed by atoms with Gasteiger partial charge in [0.1, 0.15) is 17.7 Å². The van der Waals surface area contributed by atoms with Gasteiger partial charge in [-0.3, -0.25) is 4.57 Å². The van der Waals surface area contributed by atoms with Gasteiger partial charge < -0.3 is 4.42 Å². The van der Waals surface area contributed by atoms with E-state index in [0.717, 1.165) is 72.5 Å². The monoisotopic (exact) mass is 628 g/mol. The molecule has 0 spiro atoms. The number of aryl methyl sites for hydroxylation is 1. The lowest BCUT2D eigenvalue weighted by atomic mass is 9.93. The van der Waals surface area contributed by atoms with Gasteiger partial charge in [-0.1, -0.05) is 133 Å². The lowest BCUT2D eigenvalue weighted by Crippen LogP contribution is -2.03. The van der Waals surface area contributed by atoms with E-state index in [0.29, 0.717) is 0 Å². The third kappa shape index (κ3) is 5.13.